The van der Waals surface area contributed by atoms with E-state index in [0.29, 0.717) is 25.3 Å². The number of aromatic nitrogens is 1. The van der Waals surface area contributed by atoms with Crippen molar-refractivity contribution in [3.63, 3.8) is 0 Å². The molecule has 1 amide bonds. The van der Waals surface area contributed by atoms with Gasteiger partial charge in [0, 0.05) is 37.6 Å². The lowest BCUT2D eigenvalue weighted by atomic mass is 9.76. The summed E-state index contributed by atoms with van der Waals surface area (Å²) < 4.78 is 17.1. The molecular weight excluding hydrogens is 370 g/mol. The normalized spacial score (nSPS) is 22.8. The number of fused-ring (bicyclic) bond motifs is 1. The number of amides is 1. The molecule has 4 heterocycles. The monoisotopic (exact) mass is 397 g/mol. The molecule has 154 valence electrons. The van der Waals surface area contributed by atoms with Crippen molar-refractivity contribution in [2.24, 2.45) is 11.1 Å². The fraction of sp³-hybridized carbons (Fsp3) is 0.500. The third-order valence-corrected chi connectivity index (χ3v) is 6.49. The lowest BCUT2D eigenvalue weighted by molar-refractivity contribution is 0.0502. The fourth-order valence-electron chi connectivity index (χ4n) is 4.74. The second kappa shape index (κ2) is 7.39. The molecule has 0 radical (unpaired) electrons. The number of nitrogens with two attached hydrogens (primary N) is 1. The summed E-state index contributed by atoms with van der Waals surface area (Å²) >= 11 is 0. The summed E-state index contributed by atoms with van der Waals surface area (Å²) in [5, 5.41) is 0. The molecular formula is C22H27N3O4. The van der Waals surface area contributed by atoms with Gasteiger partial charge in [-0.25, -0.2) is 0 Å². The van der Waals surface area contributed by atoms with Crippen molar-refractivity contribution >= 4 is 5.91 Å². The number of aromatic amines is 1. The van der Waals surface area contributed by atoms with Gasteiger partial charge < -0.3 is 29.8 Å². The van der Waals surface area contributed by atoms with E-state index in [4.69, 9.17) is 19.9 Å². The van der Waals surface area contributed by atoms with Crippen molar-refractivity contribution < 1.29 is 19.0 Å². The number of hydrogen-bond donors (Lipinski definition) is 2. The molecule has 7 heteroatoms. The Bertz CT molecular complexity index is 901. The van der Waals surface area contributed by atoms with E-state index in [1.807, 2.05) is 29.3 Å². The van der Waals surface area contributed by atoms with Crippen LogP contribution in [0.3, 0.4) is 0 Å². The third kappa shape index (κ3) is 3.38. The Morgan fingerprint density at radius 2 is 1.97 bits per heavy atom. The molecule has 1 aromatic carbocycles. The highest BCUT2D eigenvalue weighted by Gasteiger charge is 2.42. The Kier molecular flexibility index (Phi) is 4.72. The van der Waals surface area contributed by atoms with Crippen molar-refractivity contribution in [2.75, 3.05) is 39.5 Å². The maximum atomic E-state index is 13.3. The molecule has 1 spiro atoms. The van der Waals surface area contributed by atoms with Gasteiger partial charge in [0.15, 0.2) is 11.5 Å². The summed E-state index contributed by atoms with van der Waals surface area (Å²) in [7, 11) is 0. The minimum atomic E-state index is 0.0697. The van der Waals surface area contributed by atoms with E-state index < -0.39 is 0 Å². The van der Waals surface area contributed by atoms with Crippen LogP contribution in [-0.2, 0) is 4.74 Å². The zero-order valence-corrected chi connectivity index (χ0v) is 16.5. The maximum Gasteiger partial charge on any atom is 0.256 e. The number of likely N-dealkylation sites (tertiary alicyclic amines) is 1. The number of carbonyl (C=O) groups is 1. The molecule has 2 fully saturated rings. The van der Waals surface area contributed by atoms with E-state index in [1.54, 1.807) is 6.20 Å². The molecule has 3 aliphatic rings. The lowest BCUT2D eigenvalue weighted by Gasteiger charge is -2.38. The Balaban J connectivity index is 1.32. The average molecular weight is 397 g/mol. The Morgan fingerprint density at radius 1 is 1.17 bits per heavy atom. The zero-order valence-electron chi connectivity index (χ0n) is 16.5. The van der Waals surface area contributed by atoms with Crippen LogP contribution in [0.2, 0.25) is 0 Å². The number of ether oxygens (including phenoxy) is 3. The van der Waals surface area contributed by atoms with Gasteiger partial charge in [0.25, 0.3) is 5.91 Å². The number of nitrogens with zero attached hydrogens (tertiary/aromatic N) is 1. The highest BCUT2D eigenvalue weighted by atomic mass is 16.6. The molecule has 29 heavy (non-hydrogen) atoms. The van der Waals surface area contributed by atoms with Crippen molar-refractivity contribution in [1.82, 2.24) is 9.88 Å². The molecule has 0 saturated carbocycles. The van der Waals surface area contributed by atoms with Crippen molar-refractivity contribution in [1.29, 1.82) is 0 Å². The summed E-state index contributed by atoms with van der Waals surface area (Å²) in [5.74, 6) is 1.54. The number of hydrogen-bond acceptors (Lipinski definition) is 5. The zero-order chi connectivity index (χ0) is 19.8. The Morgan fingerprint density at radius 3 is 2.72 bits per heavy atom. The van der Waals surface area contributed by atoms with Crippen LogP contribution in [-0.4, -0.2) is 61.3 Å². The first-order valence-electron chi connectivity index (χ1n) is 10.4. The quantitative estimate of drug-likeness (QED) is 0.830. The van der Waals surface area contributed by atoms with E-state index in [9.17, 15) is 4.79 Å². The van der Waals surface area contributed by atoms with Gasteiger partial charge in [-0.2, -0.15) is 0 Å². The van der Waals surface area contributed by atoms with Crippen LogP contribution < -0.4 is 15.2 Å². The van der Waals surface area contributed by atoms with Gasteiger partial charge in [0.1, 0.15) is 13.2 Å². The summed E-state index contributed by atoms with van der Waals surface area (Å²) in [6.45, 7) is 3.96. The summed E-state index contributed by atoms with van der Waals surface area (Å²) in [6, 6.07) is 5.83. The first-order chi connectivity index (χ1) is 14.2. The maximum absolute atomic E-state index is 13.3. The van der Waals surface area contributed by atoms with Crippen LogP contribution in [0.25, 0.3) is 11.1 Å². The van der Waals surface area contributed by atoms with Gasteiger partial charge in [-0.1, -0.05) is 6.07 Å². The fourth-order valence-corrected chi connectivity index (χ4v) is 4.74. The molecule has 0 aliphatic carbocycles. The van der Waals surface area contributed by atoms with Gasteiger partial charge in [0.2, 0.25) is 0 Å². The third-order valence-electron chi connectivity index (χ3n) is 6.49. The molecule has 0 bridgehead atoms. The Labute approximate surface area is 170 Å². The molecule has 2 aromatic rings. The molecule has 1 aromatic heterocycles. The van der Waals surface area contributed by atoms with E-state index in [0.717, 1.165) is 61.6 Å². The predicted octanol–water partition coefficient (Wildman–Crippen LogP) is 2.42. The van der Waals surface area contributed by atoms with Gasteiger partial charge >= 0.3 is 0 Å². The Hall–Kier alpha value is -2.51. The summed E-state index contributed by atoms with van der Waals surface area (Å²) in [4.78, 5) is 18.3. The van der Waals surface area contributed by atoms with Gasteiger partial charge in [0.05, 0.1) is 18.3 Å². The van der Waals surface area contributed by atoms with Crippen LogP contribution in [0.4, 0.5) is 0 Å². The molecule has 1 atom stereocenters. The largest absolute Gasteiger partial charge is 0.486 e. The van der Waals surface area contributed by atoms with Crippen LogP contribution in [0.15, 0.2) is 30.6 Å². The predicted molar refractivity (Wildman–Crippen MR) is 108 cm³/mol. The summed E-state index contributed by atoms with van der Waals surface area (Å²) in [6.07, 6.45) is 6.79. The molecule has 3 N–H and O–H groups in total. The smallest absolute Gasteiger partial charge is 0.256 e. The van der Waals surface area contributed by atoms with Crippen molar-refractivity contribution in [3.05, 3.63) is 36.2 Å². The van der Waals surface area contributed by atoms with Gasteiger partial charge in [-0.05, 0) is 42.4 Å². The second-order valence-corrected chi connectivity index (χ2v) is 8.31. The average Bonchev–Trinajstić information content (AvgIpc) is 3.41. The number of rotatable bonds is 3. The minimum Gasteiger partial charge on any atom is -0.486 e. The van der Waals surface area contributed by atoms with Crippen molar-refractivity contribution in [2.45, 2.75) is 25.4 Å². The number of piperidine rings is 1. The van der Waals surface area contributed by atoms with Gasteiger partial charge in [-0.3, -0.25) is 4.79 Å². The topological polar surface area (TPSA) is 89.8 Å². The standard InChI is InChI=1S/C22H27N3O4/c23-11-16-10-22(14-29-16)3-5-25(6-4-22)21(26)18-13-24-12-17(18)15-1-2-19-20(9-15)28-8-7-27-19/h1-2,9,12-13,16,24H,3-8,10-11,14,23H2. The first-order valence-corrected chi connectivity index (χ1v) is 10.4. The lowest BCUT2D eigenvalue weighted by Crippen LogP contribution is -2.43. The number of carbonyl (C=O) groups excluding carboxylic acids is 1. The first kappa shape index (κ1) is 18.5. The van der Waals surface area contributed by atoms with E-state index in [2.05, 4.69) is 4.98 Å². The highest BCUT2D eigenvalue weighted by Crippen LogP contribution is 2.42. The van der Waals surface area contributed by atoms with E-state index >= 15 is 0 Å². The SMILES string of the molecule is NCC1CC2(CCN(C(=O)c3c[nH]cc3-c3ccc4c(c3)OCCO4)CC2)CO1. The molecule has 3 aliphatic heterocycles. The number of nitrogens with one attached hydrogen (secondary N) is 1. The molecule has 1 unspecified atom stereocenters. The molecule has 5 rings (SSSR count). The second-order valence-electron chi connectivity index (χ2n) is 8.31. The van der Waals surface area contributed by atoms with E-state index in [1.165, 1.54) is 0 Å². The molecule has 2 saturated heterocycles. The van der Waals surface area contributed by atoms with Crippen LogP contribution in [0.5, 0.6) is 11.5 Å². The summed E-state index contributed by atoms with van der Waals surface area (Å²) in [5.41, 5.74) is 8.49. The van der Waals surface area contributed by atoms with E-state index in [-0.39, 0.29) is 17.4 Å². The molecule has 7 nitrogen and oxygen atoms in total. The number of benzene rings is 1. The van der Waals surface area contributed by atoms with Crippen LogP contribution >= 0.6 is 0 Å². The van der Waals surface area contributed by atoms with Gasteiger partial charge in [-0.15, -0.1) is 0 Å². The highest BCUT2D eigenvalue weighted by molar-refractivity contribution is 6.01. The number of H-pyrrole nitrogens is 1. The van der Waals surface area contributed by atoms with Crippen LogP contribution in [0, 0.1) is 5.41 Å². The van der Waals surface area contributed by atoms with Crippen LogP contribution in [0.1, 0.15) is 29.6 Å². The van der Waals surface area contributed by atoms with Crippen molar-refractivity contribution in [3.8, 4) is 22.6 Å². The minimum absolute atomic E-state index is 0.0697.